The predicted molar refractivity (Wildman–Crippen MR) is 93.0 cm³/mol. The fourth-order valence-corrected chi connectivity index (χ4v) is 3.04. The van der Waals surface area contributed by atoms with Crippen LogP contribution in [-0.2, 0) is 18.4 Å². The first-order chi connectivity index (χ1) is 11.4. The molecule has 24 heavy (non-hydrogen) atoms. The molecular formula is C16H23N7O. The van der Waals surface area contributed by atoms with Gasteiger partial charge in [0.1, 0.15) is 11.7 Å². The van der Waals surface area contributed by atoms with E-state index in [9.17, 15) is 4.79 Å². The molecule has 1 atom stereocenters. The minimum absolute atomic E-state index is 0.0113. The molecule has 3 rings (SSSR count). The van der Waals surface area contributed by atoms with Crippen LogP contribution in [0.4, 0.5) is 17.5 Å². The van der Waals surface area contributed by atoms with Gasteiger partial charge in [-0.25, -0.2) is 4.98 Å². The van der Waals surface area contributed by atoms with Crippen molar-refractivity contribution in [3.63, 3.8) is 0 Å². The zero-order chi connectivity index (χ0) is 17.4. The lowest BCUT2D eigenvalue weighted by molar-refractivity contribution is -0.118. The van der Waals surface area contributed by atoms with Crippen LogP contribution in [0, 0.1) is 12.8 Å². The van der Waals surface area contributed by atoms with Gasteiger partial charge in [-0.05, 0) is 12.8 Å². The van der Waals surface area contributed by atoms with Crippen LogP contribution in [0.2, 0.25) is 0 Å². The minimum atomic E-state index is -0.238. The molecule has 1 aliphatic heterocycles. The van der Waals surface area contributed by atoms with Gasteiger partial charge in [-0.2, -0.15) is 10.1 Å². The monoisotopic (exact) mass is 329 g/mol. The molecule has 0 fully saturated rings. The van der Waals surface area contributed by atoms with Gasteiger partial charge >= 0.3 is 0 Å². The summed E-state index contributed by atoms with van der Waals surface area (Å²) in [6.45, 7) is 6.53. The van der Waals surface area contributed by atoms with Crippen LogP contribution in [-0.4, -0.2) is 38.7 Å². The second-order valence-corrected chi connectivity index (χ2v) is 6.50. The number of carbonyl (C=O) groups excluding carboxylic acids is 1. The Morgan fingerprint density at radius 3 is 2.71 bits per heavy atom. The molecule has 1 amide bonds. The lowest BCUT2D eigenvalue weighted by Crippen LogP contribution is -2.49. The molecule has 0 bridgehead atoms. The third kappa shape index (κ3) is 2.91. The summed E-state index contributed by atoms with van der Waals surface area (Å²) in [4.78, 5) is 23.3. The summed E-state index contributed by atoms with van der Waals surface area (Å²) in [6.07, 6.45) is 3.75. The van der Waals surface area contributed by atoms with E-state index >= 15 is 0 Å². The lowest BCUT2D eigenvalue weighted by atomic mass is 9.99. The van der Waals surface area contributed by atoms with Crippen molar-refractivity contribution in [1.82, 2.24) is 19.7 Å². The van der Waals surface area contributed by atoms with Crippen molar-refractivity contribution in [2.45, 2.75) is 33.4 Å². The first-order valence-electron chi connectivity index (χ1n) is 8.00. The number of rotatable bonds is 4. The fourth-order valence-electron chi connectivity index (χ4n) is 3.04. The Hall–Kier alpha value is -2.64. The summed E-state index contributed by atoms with van der Waals surface area (Å²) in [5.41, 5.74) is 2.49. The van der Waals surface area contributed by atoms with Crippen LogP contribution >= 0.6 is 0 Å². The van der Waals surface area contributed by atoms with Crippen molar-refractivity contribution in [2.75, 3.05) is 22.6 Å². The van der Waals surface area contributed by atoms with Gasteiger partial charge < -0.3 is 15.5 Å². The van der Waals surface area contributed by atoms with Gasteiger partial charge in [0, 0.05) is 32.4 Å². The van der Waals surface area contributed by atoms with E-state index in [0.717, 1.165) is 17.1 Å². The number of fused-ring (bicyclic) bond motifs is 1. The Kier molecular flexibility index (Phi) is 4.13. The Bertz CT molecular complexity index is 768. The summed E-state index contributed by atoms with van der Waals surface area (Å²) in [6, 6.07) is -0.238. The Morgan fingerprint density at radius 1 is 1.33 bits per heavy atom. The van der Waals surface area contributed by atoms with Crippen LogP contribution in [0.25, 0.3) is 0 Å². The largest absolute Gasteiger partial charge is 0.350 e. The van der Waals surface area contributed by atoms with Crippen molar-refractivity contribution < 1.29 is 4.79 Å². The molecule has 1 aliphatic rings. The molecule has 0 aromatic carbocycles. The molecule has 128 valence electrons. The molecule has 2 aromatic rings. The van der Waals surface area contributed by atoms with Gasteiger partial charge in [0.05, 0.1) is 11.9 Å². The number of hydrogen-bond acceptors (Lipinski definition) is 6. The molecule has 2 aromatic heterocycles. The Morgan fingerprint density at radius 2 is 2.08 bits per heavy atom. The smallest absolute Gasteiger partial charge is 0.247 e. The van der Waals surface area contributed by atoms with Crippen molar-refractivity contribution in [1.29, 1.82) is 0 Å². The number of anilines is 3. The summed E-state index contributed by atoms with van der Waals surface area (Å²) < 4.78 is 1.76. The third-order valence-corrected chi connectivity index (χ3v) is 4.18. The highest BCUT2D eigenvalue weighted by atomic mass is 16.2. The van der Waals surface area contributed by atoms with Crippen molar-refractivity contribution >= 4 is 23.4 Å². The number of nitrogens with zero attached hydrogens (tertiary/aromatic N) is 5. The maximum atomic E-state index is 12.3. The topological polar surface area (TPSA) is 88.0 Å². The second kappa shape index (κ2) is 6.10. The zero-order valence-corrected chi connectivity index (χ0v) is 14.7. The van der Waals surface area contributed by atoms with E-state index in [-0.39, 0.29) is 17.9 Å². The molecule has 2 N–H and O–H groups in total. The molecule has 0 aliphatic carbocycles. The first-order valence-corrected chi connectivity index (χ1v) is 8.00. The summed E-state index contributed by atoms with van der Waals surface area (Å²) in [5.74, 6) is 1.46. The van der Waals surface area contributed by atoms with Gasteiger partial charge in [0.2, 0.25) is 11.9 Å². The third-order valence-electron chi connectivity index (χ3n) is 4.18. The predicted octanol–water partition coefficient (Wildman–Crippen LogP) is 1.54. The molecule has 3 heterocycles. The average Bonchev–Trinajstić information content (AvgIpc) is 2.92. The van der Waals surface area contributed by atoms with Gasteiger partial charge in [0.25, 0.3) is 0 Å². The van der Waals surface area contributed by atoms with Crippen molar-refractivity contribution in [3.8, 4) is 0 Å². The van der Waals surface area contributed by atoms with Gasteiger partial charge in [0.15, 0.2) is 5.82 Å². The summed E-state index contributed by atoms with van der Waals surface area (Å²) >= 11 is 0. The van der Waals surface area contributed by atoms with E-state index in [2.05, 4.69) is 25.7 Å². The molecule has 0 radical (unpaired) electrons. The maximum Gasteiger partial charge on any atom is 0.247 e. The van der Waals surface area contributed by atoms with E-state index in [4.69, 9.17) is 0 Å². The SMILES string of the molecule is Cc1nc(NCc2cnn(C)c2)nc2c1NC(=O)C(C(C)C)N2C. The number of amides is 1. The highest BCUT2D eigenvalue weighted by Gasteiger charge is 2.35. The minimum Gasteiger partial charge on any atom is -0.350 e. The van der Waals surface area contributed by atoms with Gasteiger partial charge in [-0.3, -0.25) is 9.48 Å². The molecule has 0 saturated carbocycles. The van der Waals surface area contributed by atoms with Crippen LogP contribution in [0.3, 0.4) is 0 Å². The van der Waals surface area contributed by atoms with E-state index in [1.807, 2.05) is 46.0 Å². The number of carbonyl (C=O) groups is 1. The molecule has 8 nitrogen and oxygen atoms in total. The van der Waals surface area contributed by atoms with Crippen LogP contribution in [0.15, 0.2) is 12.4 Å². The second-order valence-electron chi connectivity index (χ2n) is 6.50. The summed E-state index contributed by atoms with van der Waals surface area (Å²) in [5, 5.41) is 10.3. The molecule has 0 saturated heterocycles. The highest BCUT2D eigenvalue weighted by Crippen LogP contribution is 2.34. The van der Waals surface area contributed by atoms with Crippen molar-refractivity contribution in [2.24, 2.45) is 13.0 Å². The Balaban J connectivity index is 1.87. The van der Waals surface area contributed by atoms with Crippen LogP contribution < -0.4 is 15.5 Å². The summed E-state index contributed by atoms with van der Waals surface area (Å²) in [7, 11) is 3.78. The molecule has 0 spiro atoms. The highest BCUT2D eigenvalue weighted by molar-refractivity contribution is 6.03. The number of likely N-dealkylation sites (N-methyl/N-ethyl adjacent to an activating group) is 1. The molecular weight excluding hydrogens is 306 g/mol. The normalized spacial score (nSPS) is 17.0. The Labute approximate surface area is 141 Å². The standard InChI is InChI=1S/C16H23N7O/c1-9(2)13-15(24)20-12-10(3)19-16(21-14(12)23(13)5)17-6-11-7-18-22(4)8-11/h7-9,13H,6H2,1-5H3,(H,20,24)(H,17,19,21). The zero-order valence-electron chi connectivity index (χ0n) is 14.7. The van der Waals surface area contributed by atoms with Crippen LogP contribution in [0.5, 0.6) is 0 Å². The number of hydrogen-bond donors (Lipinski definition) is 2. The van der Waals surface area contributed by atoms with E-state index in [0.29, 0.717) is 18.2 Å². The number of aromatic nitrogens is 4. The van der Waals surface area contributed by atoms with Gasteiger partial charge in [-0.15, -0.1) is 0 Å². The lowest BCUT2D eigenvalue weighted by Gasteiger charge is -2.36. The number of nitrogens with one attached hydrogen (secondary N) is 2. The molecule has 8 heteroatoms. The quantitative estimate of drug-likeness (QED) is 0.885. The van der Waals surface area contributed by atoms with Crippen molar-refractivity contribution in [3.05, 3.63) is 23.7 Å². The first kappa shape index (κ1) is 16.2. The van der Waals surface area contributed by atoms with E-state index in [1.54, 1.807) is 10.9 Å². The average molecular weight is 329 g/mol. The van der Waals surface area contributed by atoms with Gasteiger partial charge in [-0.1, -0.05) is 13.8 Å². The molecule has 1 unspecified atom stereocenters. The maximum absolute atomic E-state index is 12.3. The number of aryl methyl sites for hydroxylation is 2. The van der Waals surface area contributed by atoms with Crippen LogP contribution in [0.1, 0.15) is 25.1 Å². The van der Waals surface area contributed by atoms with E-state index < -0.39 is 0 Å². The fraction of sp³-hybridized carbons (Fsp3) is 0.500. The van der Waals surface area contributed by atoms with E-state index in [1.165, 1.54) is 0 Å².